The summed E-state index contributed by atoms with van der Waals surface area (Å²) in [6.07, 6.45) is 1.02. The van der Waals surface area contributed by atoms with Crippen molar-refractivity contribution >= 4 is 15.9 Å². The molecule has 1 rings (SSSR count). The van der Waals surface area contributed by atoms with Crippen LogP contribution in [-0.4, -0.2) is 39.9 Å². The molecule has 0 bridgehead atoms. The Hall–Kier alpha value is -1.60. The van der Waals surface area contributed by atoms with Gasteiger partial charge < -0.3 is 9.64 Å². The van der Waals surface area contributed by atoms with Crippen LogP contribution in [0.3, 0.4) is 0 Å². The van der Waals surface area contributed by atoms with Crippen molar-refractivity contribution in [3.63, 3.8) is 0 Å². The summed E-state index contributed by atoms with van der Waals surface area (Å²) in [5.41, 5.74) is 1.32. The van der Waals surface area contributed by atoms with E-state index in [-0.39, 0.29) is 10.8 Å². The molecule has 0 atom stereocenters. The summed E-state index contributed by atoms with van der Waals surface area (Å²) in [7, 11) is -0.302. The van der Waals surface area contributed by atoms with E-state index in [9.17, 15) is 13.2 Å². The number of rotatable bonds is 6. The summed E-state index contributed by atoms with van der Waals surface area (Å²) in [5, 5.41) is 5.15. The molecule has 0 aliphatic rings. The molecule has 2 N–H and O–H groups in total. The molecule has 1 amide bonds. The summed E-state index contributed by atoms with van der Waals surface area (Å²) in [6, 6.07) is 3.04. The van der Waals surface area contributed by atoms with Crippen molar-refractivity contribution < 1.29 is 17.9 Å². The number of sulfonamides is 1. The van der Waals surface area contributed by atoms with Crippen LogP contribution in [0.2, 0.25) is 0 Å². The van der Waals surface area contributed by atoms with Crippen molar-refractivity contribution in [2.45, 2.75) is 31.6 Å². The van der Waals surface area contributed by atoms with Crippen molar-refractivity contribution in [1.82, 2.24) is 4.90 Å². The Morgan fingerprint density at radius 2 is 1.86 bits per heavy atom. The third-order valence-electron chi connectivity index (χ3n) is 3.29. The Kier molecular flexibility index (Phi) is 5.74. The molecule has 0 saturated carbocycles. The number of hydrogen-bond donors (Lipinski definition) is 1. The molecular weight excluding hydrogens is 292 g/mol. The average Bonchev–Trinajstić information content (AvgIpc) is 2.37. The van der Waals surface area contributed by atoms with E-state index < -0.39 is 10.0 Å². The summed E-state index contributed by atoms with van der Waals surface area (Å²) < 4.78 is 28.4. The normalized spacial score (nSPS) is 11.3. The number of benzene rings is 1. The first kappa shape index (κ1) is 17.5. The number of carbonyl (C=O) groups is 1. The number of hydrogen-bond acceptors (Lipinski definition) is 4. The van der Waals surface area contributed by atoms with Gasteiger partial charge >= 0.3 is 0 Å². The molecule has 7 heteroatoms. The van der Waals surface area contributed by atoms with Crippen LogP contribution in [-0.2, 0) is 14.8 Å². The second-order valence-corrected chi connectivity index (χ2v) is 6.63. The molecule has 6 nitrogen and oxygen atoms in total. The lowest BCUT2D eigenvalue weighted by Crippen LogP contribution is -2.21. The van der Waals surface area contributed by atoms with Crippen LogP contribution in [0, 0.1) is 13.8 Å². The maximum atomic E-state index is 11.4. The van der Waals surface area contributed by atoms with Crippen LogP contribution in [0.25, 0.3) is 0 Å². The van der Waals surface area contributed by atoms with E-state index in [0.717, 1.165) is 5.56 Å². The van der Waals surface area contributed by atoms with Crippen molar-refractivity contribution in [2.75, 3.05) is 20.7 Å². The fourth-order valence-electron chi connectivity index (χ4n) is 1.86. The molecule has 21 heavy (non-hydrogen) atoms. The van der Waals surface area contributed by atoms with Crippen molar-refractivity contribution in [2.24, 2.45) is 5.14 Å². The van der Waals surface area contributed by atoms with E-state index in [2.05, 4.69) is 0 Å². The highest BCUT2D eigenvalue weighted by molar-refractivity contribution is 7.89. The Labute approximate surface area is 125 Å². The van der Waals surface area contributed by atoms with Gasteiger partial charge in [0.2, 0.25) is 15.9 Å². The first-order chi connectivity index (χ1) is 9.64. The molecule has 0 aromatic heterocycles. The van der Waals surface area contributed by atoms with E-state index >= 15 is 0 Å². The van der Waals surface area contributed by atoms with Crippen LogP contribution in [0.15, 0.2) is 17.0 Å². The zero-order chi connectivity index (χ0) is 16.2. The van der Waals surface area contributed by atoms with Gasteiger partial charge in [0, 0.05) is 20.5 Å². The molecule has 118 valence electrons. The second kappa shape index (κ2) is 6.91. The van der Waals surface area contributed by atoms with E-state index in [1.54, 1.807) is 34.0 Å². The Morgan fingerprint density at radius 3 is 2.38 bits per heavy atom. The fourth-order valence-corrected chi connectivity index (χ4v) is 2.70. The minimum Gasteiger partial charge on any atom is -0.493 e. The minimum atomic E-state index is -3.72. The predicted octanol–water partition coefficient (Wildman–Crippen LogP) is 1.20. The second-order valence-electron chi connectivity index (χ2n) is 5.10. The molecule has 0 saturated heterocycles. The van der Waals surface area contributed by atoms with Crippen molar-refractivity contribution in [3.05, 3.63) is 23.3 Å². The zero-order valence-electron chi connectivity index (χ0n) is 12.8. The van der Waals surface area contributed by atoms with Gasteiger partial charge in [-0.25, -0.2) is 13.6 Å². The Balaban J connectivity index is 2.70. The molecule has 1 aromatic carbocycles. The quantitative estimate of drug-likeness (QED) is 0.799. The topological polar surface area (TPSA) is 89.7 Å². The standard InChI is InChI=1S/C14H22N2O4S/c1-10-11(2)13(21(15,18)19)8-7-12(10)20-9-5-6-14(17)16(3)4/h7-8H,5-6,9H2,1-4H3,(H2,15,18,19). The van der Waals surface area contributed by atoms with Gasteiger partial charge in [-0.05, 0) is 43.5 Å². The van der Waals surface area contributed by atoms with Gasteiger partial charge in [-0.15, -0.1) is 0 Å². The third-order valence-corrected chi connectivity index (χ3v) is 4.34. The highest BCUT2D eigenvalue weighted by Gasteiger charge is 2.15. The maximum Gasteiger partial charge on any atom is 0.238 e. The minimum absolute atomic E-state index is 0.0519. The number of ether oxygens (including phenoxy) is 1. The molecule has 0 heterocycles. The SMILES string of the molecule is Cc1c(OCCCC(=O)N(C)C)ccc(S(N)(=O)=O)c1C. The monoisotopic (exact) mass is 314 g/mol. The van der Waals surface area contributed by atoms with Gasteiger partial charge in [0.1, 0.15) is 5.75 Å². The molecule has 0 aliphatic heterocycles. The third kappa shape index (κ3) is 4.71. The first-order valence-corrected chi connectivity index (χ1v) is 8.15. The highest BCUT2D eigenvalue weighted by Crippen LogP contribution is 2.26. The fraction of sp³-hybridized carbons (Fsp3) is 0.500. The molecule has 1 aromatic rings. The van der Waals surface area contributed by atoms with Crippen LogP contribution in [0.5, 0.6) is 5.75 Å². The molecule has 0 radical (unpaired) electrons. The summed E-state index contributed by atoms with van der Waals surface area (Å²) in [4.78, 5) is 13.1. The lowest BCUT2D eigenvalue weighted by atomic mass is 10.1. The smallest absolute Gasteiger partial charge is 0.238 e. The zero-order valence-corrected chi connectivity index (χ0v) is 13.7. The number of nitrogens with zero attached hydrogens (tertiary/aromatic N) is 1. The van der Waals surface area contributed by atoms with Crippen LogP contribution >= 0.6 is 0 Å². The van der Waals surface area contributed by atoms with Gasteiger partial charge in [-0.2, -0.15) is 0 Å². The van der Waals surface area contributed by atoms with Crippen molar-refractivity contribution in [1.29, 1.82) is 0 Å². The Morgan fingerprint density at radius 1 is 1.24 bits per heavy atom. The average molecular weight is 314 g/mol. The van der Waals surface area contributed by atoms with E-state index in [4.69, 9.17) is 9.88 Å². The van der Waals surface area contributed by atoms with E-state index in [0.29, 0.717) is 30.8 Å². The largest absolute Gasteiger partial charge is 0.493 e. The van der Waals surface area contributed by atoms with Gasteiger partial charge in [-0.3, -0.25) is 4.79 Å². The summed E-state index contributed by atoms with van der Waals surface area (Å²) in [5.74, 6) is 0.660. The number of amides is 1. The van der Waals surface area contributed by atoms with E-state index in [1.807, 2.05) is 0 Å². The molecule has 0 aliphatic carbocycles. The lowest BCUT2D eigenvalue weighted by molar-refractivity contribution is -0.128. The highest BCUT2D eigenvalue weighted by atomic mass is 32.2. The lowest BCUT2D eigenvalue weighted by Gasteiger charge is -2.14. The van der Waals surface area contributed by atoms with E-state index in [1.165, 1.54) is 11.0 Å². The first-order valence-electron chi connectivity index (χ1n) is 6.60. The number of nitrogens with two attached hydrogens (primary N) is 1. The van der Waals surface area contributed by atoms with Gasteiger partial charge in [0.25, 0.3) is 0 Å². The summed E-state index contributed by atoms with van der Waals surface area (Å²) in [6.45, 7) is 3.87. The van der Waals surface area contributed by atoms with Crippen LogP contribution in [0.1, 0.15) is 24.0 Å². The Bertz CT molecular complexity index is 624. The number of primary sulfonamides is 1. The maximum absolute atomic E-state index is 11.4. The molecule has 0 fully saturated rings. The molecular formula is C14H22N2O4S. The van der Waals surface area contributed by atoms with Gasteiger partial charge in [-0.1, -0.05) is 0 Å². The predicted molar refractivity (Wildman–Crippen MR) is 80.7 cm³/mol. The van der Waals surface area contributed by atoms with Crippen molar-refractivity contribution in [3.8, 4) is 5.75 Å². The summed E-state index contributed by atoms with van der Waals surface area (Å²) >= 11 is 0. The molecule has 0 unspecified atom stereocenters. The molecule has 0 spiro atoms. The van der Waals surface area contributed by atoms with Gasteiger partial charge in [0.05, 0.1) is 11.5 Å². The number of carbonyl (C=O) groups excluding carboxylic acids is 1. The van der Waals surface area contributed by atoms with Crippen LogP contribution < -0.4 is 9.88 Å². The van der Waals surface area contributed by atoms with Gasteiger partial charge in [0.15, 0.2) is 0 Å². The van der Waals surface area contributed by atoms with Crippen LogP contribution in [0.4, 0.5) is 0 Å².